The van der Waals surface area contributed by atoms with Crippen LogP contribution in [0.3, 0.4) is 0 Å². The number of nitrogens with two attached hydrogens (primary N) is 1. The van der Waals surface area contributed by atoms with Gasteiger partial charge in [-0.25, -0.2) is 0 Å². The van der Waals surface area contributed by atoms with E-state index in [9.17, 15) is 4.79 Å². The Morgan fingerprint density at radius 3 is 2.89 bits per heavy atom. The van der Waals surface area contributed by atoms with Crippen molar-refractivity contribution < 1.29 is 4.79 Å². The van der Waals surface area contributed by atoms with Crippen molar-refractivity contribution in [3.8, 4) is 0 Å². The predicted octanol–water partition coefficient (Wildman–Crippen LogP) is 2.16. The van der Waals surface area contributed by atoms with Gasteiger partial charge in [0.15, 0.2) is 0 Å². The molecule has 1 aliphatic carbocycles. The van der Waals surface area contributed by atoms with E-state index in [4.69, 9.17) is 5.73 Å². The van der Waals surface area contributed by atoms with E-state index in [2.05, 4.69) is 15.5 Å². The molecule has 0 saturated heterocycles. The van der Waals surface area contributed by atoms with E-state index in [0.717, 1.165) is 42.3 Å². The lowest BCUT2D eigenvalue weighted by molar-refractivity contribution is -0.122. The summed E-state index contributed by atoms with van der Waals surface area (Å²) < 4.78 is 0. The van der Waals surface area contributed by atoms with Gasteiger partial charge in [0.2, 0.25) is 5.91 Å². The van der Waals surface area contributed by atoms with Gasteiger partial charge in [-0.2, -0.15) is 5.10 Å². The summed E-state index contributed by atoms with van der Waals surface area (Å²) >= 11 is 0. The summed E-state index contributed by atoms with van der Waals surface area (Å²) in [5.74, 6) is -0.0825. The molecule has 1 fully saturated rings. The highest BCUT2D eigenvalue weighted by atomic mass is 16.2. The molecule has 3 rings (SSSR count). The number of rotatable bonds is 2. The number of fused-ring (bicyclic) bond motifs is 1. The molecule has 4 N–H and O–H groups in total. The zero-order valence-corrected chi connectivity index (χ0v) is 10.8. The number of hydrogen-bond acceptors (Lipinski definition) is 3. The van der Waals surface area contributed by atoms with Gasteiger partial charge in [0, 0.05) is 5.39 Å². The molecule has 1 heterocycles. The Labute approximate surface area is 111 Å². The minimum atomic E-state index is -0.718. The fraction of sp³-hybridized carbons (Fsp3) is 0.429. The van der Waals surface area contributed by atoms with Crippen LogP contribution in [0.2, 0.25) is 0 Å². The molecule has 0 atom stereocenters. The highest BCUT2D eigenvalue weighted by Crippen LogP contribution is 2.28. The maximum atomic E-state index is 12.4. The second kappa shape index (κ2) is 4.66. The fourth-order valence-electron chi connectivity index (χ4n) is 2.73. The van der Waals surface area contributed by atoms with Crippen LogP contribution < -0.4 is 11.1 Å². The molecule has 100 valence electrons. The maximum absolute atomic E-state index is 12.4. The van der Waals surface area contributed by atoms with Crippen molar-refractivity contribution >= 4 is 22.5 Å². The number of H-pyrrole nitrogens is 1. The van der Waals surface area contributed by atoms with E-state index in [0.29, 0.717) is 0 Å². The molecule has 5 nitrogen and oxygen atoms in total. The van der Waals surface area contributed by atoms with E-state index in [1.54, 1.807) is 6.20 Å². The number of amides is 1. The first-order chi connectivity index (χ1) is 9.19. The molecular formula is C14H18N4O. The van der Waals surface area contributed by atoms with Gasteiger partial charge in [-0.3, -0.25) is 9.89 Å². The standard InChI is InChI=1S/C14H18N4O/c15-14(7-2-1-3-8-14)13(19)17-11-5-4-6-12-10(11)9-16-18-12/h4-6,9H,1-3,7-8,15H2,(H,16,18)(H,17,19). The third-order valence-electron chi connectivity index (χ3n) is 3.93. The van der Waals surface area contributed by atoms with Crippen molar-refractivity contribution in [1.82, 2.24) is 10.2 Å². The Morgan fingerprint density at radius 2 is 2.11 bits per heavy atom. The molecule has 0 bridgehead atoms. The van der Waals surface area contributed by atoms with Crippen LogP contribution in [-0.2, 0) is 4.79 Å². The highest BCUT2D eigenvalue weighted by molar-refractivity contribution is 6.04. The number of aromatic nitrogens is 2. The number of carbonyl (C=O) groups excluding carboxylic acids is 1. The summed E-state index contributed by atoms with van der Waals surface area (Å²) in [7, 11) is 0. The number of hydrogen-bond donors (Lipinski definition) is 3. The fourth-order valence-corrected chi connectivity index (χ4v) is 2.73. The number of aromatic amines is 1. The van der Waals surface area contributed by atoms with Crippen molar-refractivity contribution in [2.24, 2.45) is 5.73 Å². The lowest BCUT2D eigenvalue weighted by Crippen LogP contribution is -2.52. The van der Waals surface area contributed by atoms with Crippen LogP contribution in [0.1, 0.15) is 32.1 Å². The van der Waals surface area contributed by atoms with Crippen molar-refractivity contribution in [3.63, 3.8) is 0 Å². The Hall–Kier alpha value is -1.88. The first kappa shape index (κ1) is 12.2. The van der Waals surface area contributed by atoms with Crippen LogP contribution in [0, 0.1) is 0 Å². The van der Waals surface area contributed by atoms with Gasteiger partial charge in [0.25, 0.3) is 0 Å². The molecule has 1 aliphatic rings. The third-order valence-corrected chi connectivity index (χ3v) is 3.93. The molecule has 1 aromatic carbocycles. The molecule has 19 heavy (non-hydrogen) atoms. The molecule has 0 unspecified atom stereocenters. The summed E-state index contributed by atoms with van der Waals surface area (Å²) in [6.45, 7) is 0. The quantitative estimate of drug-likeness (QED) is 0.771. The lowest BCUT2D eigenvalue weighted by Gasteiger charge is -2.31. The van der Waals surface area contributed by atoms with Crippen molar-refractivity contribution in [1.29, 1.82) is 0 Å². The van der Waals surface area contributed by atoms with Gasteiger partial charge in [-0.1, -0.05) is 25.3 Å². The van der Waals surface area contributed by atoms with Gasteiger partial charge < -0.3 is 11.1 Å². The lowest BCUT2D eigenvalue weighted by atomic mass is 9.82. The van der Waals surface area contributed by atoms with Crippen molar-refractivity contribution in [2.75, 3.05) is 5.32 Å². The zero-order chi connectivity index (χ0) is 13.3. The van der Waals surface area contributed by atoms with Crippen molar-refractivity contribution in [3.05, 3.63) is 24.4 Å². The summed E-state index contributed by atoms with van der Waals surface area (Å²) in [6.07, 6.45) is 6.47. The first-order valence-corrected chi connectivity index (χ1v) is 6.71. The van der Waals surface area contributed by atoms with Crippen molar-refractivity contribution in [2.45, 2.75) is 37.6 Å². The number of benzene rings is 1. The van der Waals surface area contributed by atoms with Gasteiger partial charge in [-0.15, -0.1) is 0 Å². The smallest absolute Gasteiger partial charge is 0.244 e. The largest absolute Gasteiger partial charge is 0.324 e. The average Bonchev–Trinajstić information content (AvgIpc) is 2.89. The zero-order valence-electron chi connectivity index (χ0n) is 10.8. The average molecular weight is 258 g/mol. The van der Waals surface area contributed by atoms with E-state index in [1.165, 1.54) is 6.42 Å². The summed E-state index contributed by atoms with van der Waals surface area (Å²) in [5.41, 5.74) is 7.20. The highest BCUT2D eigenvalue weighted by Gasteiger charge is 2.35. The molecule has 2 aromatic rings. The summed E-state index contributed by atoms with van der Waals surface area (Å²) in [6, 6.07) is 5.69. The Bertz CT molecular complexity index is 598. The minimum absolute atomic E-state index is 0.0825. The first-order valence-electron chi connectivity index (χ1n) is 6.71. The topological polar surface area (TPSA) is 83.8 Å². The molecule has 5 heteroatoms. The van der Waals surface area contributed by atoms with Gasteiger partial charge in [0.1, 0.15) is 0 Å². The van der Waals surface area contributed by atoms with Crippen LogP contribution in [0.5, 0.6) is 0 Å². The van der Waals surface area contributed by atoms with Crippen LogP contribution in [0.15, 0.2) is 24.4 Å². The van der Waals surface area contributed by atoms with E-state index >= 15 is 0 Å². The van der Waals surface area contributed by atoms with E-state index < -0.39 is 5.54 Å². The summed E-state index contributed by atoms with van der Waals surface area (Å²) in [4.78, 5) is 12.4. The molecule has 0 radical (unpaired) electrons. The second-order valence-corrected chi connectivity index (χ2v) is 5.31. The number of nitrogens with zero attached hydrogens (tertiary/aromatic N) is 1. The molecule has 1 aromatic heterocycles. The Kier molecular flexibility index (Phi) is 2.98. The Morgan fingerprint density at radius 1 is 1.32 bits per heavy atom. The maximum Gasteiger partial charge on any atom is 0.244 e. The molecule has 1 saturated carbocycles. The number of nitrogens with one attached hydrogen (secondary N) is 2. The summed E-state index contributed by atoms with van der Waals surface area (Å²) in [5, 5.41) is 10.8. The molecule has 0 aliphatic heterocycles. The molecular weight excluding hydrogens is 240 g/mol. The SMILES string of the molecule is NC1(C(=O)Nc2cccc3[nH]ncc23)CCCCC1. The third kappa shape index (κ3) is 2.21. The normalized spacial score (nSPS) is 18.4. The molecule has 0 spiro atoms. The van der Waals surface area contributed by atoms with E-state index in [-0.39, 0.29) is 5.91 Å². The number of anilines is 1. The molecule has 1 amide bonds. The Balaban J connectivity index is 1.84. The van der Waals surface area contributed by atoms with Gasteiger partial charge in [0.05, 0.1) is 22.9 Å². The van der Waals surface area contributed by atoms with Crippen LogP contribution >= 0.6 is 0 Å². The second-order valence-electron chi connectivity index (χ2n) is 5.31. The van der Waals surface area contributed by atoms with Crippen LogP contribution in [0.4, 0.5) is 5.69 Å². The van der Waals surface area contributed by atoms with Crippen LogP contribution in [0.25, 0.3) is 10.9 Å². The number of carbonyl (C=O) groups is 1. The van der Waals surface area contributed by atoms with E-state index in [1.807, 2.05) is 18.2 Å². The minimum Gasteiger partial charge on any atom is -0.324 e. The van der Waals surface area contributed by atoms with Gasteiger partial charge >= 0.3 is 0 Å². The van der Waals surface area contributed by atoms with Gasteiger partial charge in [-0.05, 0) is 25.0 Å². The monoisotopic (exact) mass is 258 g/mol. The van der Waals surface area contributed by atoms with Crippen LogP contribution in [-0.4, -0.2) is 21.6 Å². The predicted molar refractivity (Wildman–Crippen MR) is 74.7 cm³/mol.